The van der Waals surface area contributed by atoms with Crippen LogP contribution in [0.1, 0.15) is 31.9 Å². The van der Waals surface area contributed by atoms with Gasteiger partial charge in [-0.3, -0.25) is 13.9 Å². The first-order chi connectivity index (χ1) is 18.6. The molecule has 1 N–H and O–H groups in total. The predicted octanol–water partition coefficient (Wildman–Crippen LogP) is 5.45. The molecule has 0 fully saturated rings. The van der Waals surface area contributed by atoms with E-state index in [0.29, 0.717) is 10.6 Å². The number of sulfonamides is 1. The van der Waals surface area contributed by atoms with E-state index in [0.717, 1.165) is 28.3 Å². The summed E-state index contributed by atoms with van der Waals surface area (Å²) < 4.78 is 40.2. The quantitative estimate of drug-likeness (QED) is 0.332. The van der Waals surface area contributed by atoms with Crippen LogP contribution in [0.25, 0.3) is 0 Å². The Morgan fingerprint density at radius 3 is 2.12 bits per heavy atom. The Balaban J connectivity index is 2.08. The Hall–Kier alpha value is -3.14. The van der Waals surface area contributed by atoms with E-state index < -0.39 is 45.8 Å². The molecule has 0 aliphatic heterocycles. The molecule has 0 saturated heterocycles. The summed E-state index contributed by atoms with van der Waals surface area (Å²) in [6, 6.07) is 18.5. The van der Waals surface area contributed by atoms with Crippen LogP contribution in [0.15, 0.2) is 72.8 Å². The minimum atomic E-state index is -4.00. The van der Waals surface area contributed by atoms with Gasteiger partial charge in [-0.05, 0) is 62.2 Å². The molecule has 0 bridgehead atoms. The lowest BCUT2D eigenvalue weighted by Gasteiger charge is -2.35. The number of hydrogen-bond acceptors (Lipinski definition) is 4. The molecule has 0 aromatic heterocycles. The Bertz CT molecular complexity index is 1450. The minimum absolute atomic E-state index is 0.00679. The first-order valence-corrected chi connectivity index (χ1v) is 15.1. The summed E-state index contributed by atoms with van der Waals surface area (Å²) in [5, 5.41) is 3.17. The van der Waals surface area contributed by atoms with Crippen LogP contribution >= 0.6 is 23.2 Å². The molecule has 214 valence electrons. The molecular weight excluding hydrogens is 576 g/mol. The predicted molar refractivity (Wildman–Crippen MR) is 157 cm³/mol. The zero-order valence-electron chi connectivity index (χ0n) is 22.7. The molecule has 0 saturated carbocycles. The van der Waals surface area contributed by atoms with Gasteiger partial charge in [-0.1, -0.05) is 65.7 Å². The van der Waals surface area contributed by atoms with Crippen LogP contribution in [-0.4, -0.2) is 49.5 Å². The second-order valence-electron chi connectivity index (χ2n) is 10.5. The molecule has 11 heteroatoms. The molecule has 0 spiro atoms. The maximum absolute atomic E-state index is 14.0. The van der Waals surface area contributed by atoms with Crippen molar-refractivity contribution >= 4 is 50.7 Å². The smallest absolute Gasteiger partial charge is 0.244 e. The number of nitrogens with zero attached hydrogens (tertiary/aromatic N) is 2. The summed E-state index contributed by atoms with van der Waals surface area (Å²) >= 11 is 12.0. The molecule has 0 unspecified atom stereocenters. The van der Waals surface area contributed by atoms with Crippen LogP contribution in [0, 0.1) is 5.82 Å². The van der Waals surface area contributed by atoms with Crippen molar-refractivity contribution < 1.29 is 22.4 Å². The number of anilines is 1. The van der Waals surface area contributed by atoms with Gasteiger partial charge in [-0.15, -0.1) is 0 Å². The third-order valence-electron chi connectivity index (χ3n) is 5.91. The van der Waals surface area contributed by atoms with Crippen LogP contribution < -0.4 is 9.62 Å². The summed E-state index contributed by atoms with van der Waals surface area (Å²) in [4.78, 5) is 29.0. The van der Waals surface area contributed by atoms with Gasteiger partial charge in [0, 0.05) is 23.5 Å². The van der Waals surface area contributed by atoms with Crippen molar-refractivity contribution in [3.63, 3.8) is 0 Å². The van der Waals surface area contributed by atoms with Gasteiger partial charge in [0.15, 0.2) is 0 Å². The number of nitrogens with one attached hydrogen (secondary N) is 1. The van der Waals surface area contributed by atoms with Gasteiger partial charge in [0.05, 0.1) is 17.0 Å². The highest BCUT2D eigenvalue weighted by atomic mass is 35.5. The summed E-state index contributed by atoms with van der Waals surface area (Å²) in [5.41, 5.74) is 0.934. The number of rotatable bonds is 10. The highest BCUT2D eigenvalue weighted by Gasteiger charge is 2.34. The van der Waals surface area contributed by atoms with Crippen molar-refractivity contribution in [2.24, 2.45) is 0 Å². The molecule has 2 amide bonds. The molecular formula is C29H32Cl2FN3O4S. The molecule has 3 aromatic rings. The van der Waals surface area contributed by atoms with E-state index in [1.807, 2.05) is 51.1 Å². The number of carbonyl (C=O) groups excluding carboxylic acids is 2. The SMILES string of the molecule is CC(C)(C)NC(=O)[C@@H](Cc1ccccc1)N(Cc1ccc(Cl)cc1)C(=O)CN(c1ccc(F)c(Cl)c1)S(C)(=O)=O. The molecule has 7 nitrogen and oxygen atoms in total. The lowest BCUT2D eigenvalue weighted by molar-refractivity contribution is -0.140. The number of hydrogen-bond donors (Lipinski definition) is 1. The fourth-order valence-electron chi connectivity index (χ4n) is 4.05. The first kappa shape index (κ1) is 31.4. The van der Waals surface area contributed by atoms with Gasteiger partial charge in [-0.25, -0.2) is 12.8 Å². The molecule has 0 aliphatic rings. The highest BCUT2D eigenvalue weighted by molar-refractivity contribution is 7.92. The second-order valence-corrected chi connectivity index (χ2v) is 13.2. The summed E-state index contributed by atoms with van der Waals surface area (Å²) in [6.07, 6.45) is 1.12. The van der Waals surface area contributed by atoms with E-state index in [1.165, 1.54) is 11.0 Å². The third kappa shape index (κ3) is 8.94. The maximum atomic E-state index is 14.0. The second kappa shape index (κ2) is 13.0. The molecule has 3 rings (SSSR count). The van der Waals surface area contributed by atoms with Gasteiger partial charge in [0.25, 0.3) is 0 Å². The Labute approximate surface area is 244 Å². The van der Waals surface area contributed by atoms with Gasteiger partial charge < -0.3 is 10.2 Å². The third-order valence-corrected chi connectivity index (χ3v) is 7.59. The van der Waals surface area contributed by atoms with Crippen molar-refractivity contribution in [1.29, 1.82) is 0 Å². The van der Waals surface area contributed by atoms with Crippen LogP contribution in [0.3, 0.4) is 0 Å². The lowest BCUT2D eigenvalue weighted by atomic mass is 10.0. The topological polar surface area (TPSA) is 86.8 Å². The van der Waals surface area contributed by atoms with Gasteiger partial charge in [-0.2, -0.15) is 0 Å². The van der Waals surface area contributed by atoms with Crippen molar-refractivity contribution in [2.75, 3.05) is 17.1 Å². The largest absolute Gasteiger partial charge is 0.350 e. The molecule has 0 heterocycles. The number of carbonyl (C=O) groups is 2. The number of halogens is 3. The molecule has 40 heavy (non-hydrogen) atoms. The fourth-order valence-corrected chi connectivity index (χ4v) is 5.19. The van der Waals surface area contributed by atoms with Crippen molar-refractivity contribution in [2.45, 2.75) is 45.3 Å². The maximum Gasteiger partial charge on any atom is 0.244 e. The van der Waals surface area contributed by atoms with E-state index in [1.54, 1.807) is 24.3 Å². The summed E-state index contributed by atoms with van der Waals surface area (Å²) in [7, 11) is -4.00. The Kier molecular flexibility index (Phi) is 10.2. The van der Waals surface area contributed by atoms with E-state index in [2.05, 4.69) is 5.32 Å². The average Bonchev–Trinajstić information content (AvgIpc) is 2.86. The van der Waals surface area contributed by atoms with E-state index in [9.17, 15) is 22.4 Å². The first-order valence-electron chi connectivity index (χ1n) is 12.5. The van der Waals surface area contributed by atoms with Crippen molar-refractivity contribution in [3.8, 4) is 0 Å². The van der Waals surface area contributed by atoms with Crippen LogP contribution in [0.5, 0.6) is 0 Å². The molecule has 3 aromatic carbocycles. The normalized spacial score (nSPS) is 12.5. The van der Waals surface area contributed by atoms with E-state index in [-0.39, 0.29) is 23.7 Å². The molecule has 0 aliphatic carbocycles. The fraction of sp³-hybridized carbons (Fsp3) is 0.310. The van der Waals surface area contributed by atoms with Crippen LogP contribution in [-0.2, 0) is 32.6 Å². The highest BCUT2D eigenvalue weighted by Crippen LogP contribution is 2.25. The summed E-state index contributed by atoms with van der Waals surface area (Å²) in [6.45, 7) is 4.87. The van der Waals surface area contributed by atoms with Crippen LogP contribution in [0.2, 0.25) is 10.0 Å². The molecule has 1 atom stereocenters. The monoisotopic (exact) mass is 607 g/mol. The number of benzene rings is 3. The molecule has 0 radical (unpaired) electrons. The van der Waals surface area contributed by atoms with Gasteiger partial charge >= 0.3 is 0 Å². The standard InChI is InChI=1S/C29H32Cl2FN3O4S/c1-29(2,3)33-28(37)26(16-20-8-6-5-7-9-20)34(18-21-10-12-22(30)13-11-21)27(36)19-35(40(4,38)39)23-14-15-25(32)24(31)17-23/h5-15,17,26H,16,18-19H2,1-4H3,(H,33,37)/t26-/m1/s1. The van der Waals surface area contributed by atoms with Gasteiger partial charge in [0.1, 0.15) is 18.4 Å². The van der Waals surface area contributed by atoms with E-state index >= 15 is 0 Å². The van der Waals surface area contributed by atoms with E-state index in [4.69, 9.17) is 23.2 Å². The van der Waals surface area contributed by atoms with Crippen molar-refractivity contribution in [1.82, 2.24) is 10.2 Å². The van der Waals surface area contributed by atoms with Gasteiger partial charge in [0.2, 0.25) is 21.8 Å². The van der Waals surface area contributed by atoms with Crippen molar-refractivity contribution in [3.05, 3.63) is 99.8 Å². The Morgan fingerprint density at radius 2 is 1.57 bits per heavy atom. The summed E-state index contributed by atoms with van der Waals surface area (Å²) in [5.74, 6) is -1.75. The average molecular weight is 609 g/mol. The number of amides is 2. The lowest BCUT2D eigenvalue weighted by Crippen LogP contribution is -2.56. The zero-order chi connectivity index (χ0) is 29.7. The Morgan fingerprint density at radius 1 is 0.950 bits per heavy atom. The van der Waals surface area contributed by atoms with Crippen LogP contribution in [0.4, 0.5) is 10.1 Å². The minimum Gasteiger partial charge on any atom is -0.350 e. The zero-order valence-corrected chi connectivity index (χ0v) is 25.0.